The summed E-state index contributed by atoms with van der Waals surface area (Å²) in [4.78, 5) is 16.6. The van der Waals surface area contributed by atoms with E-state index in [1.54, 1.807) is 43.3 Å². The maximum Gasteiger partial charge on any atom is 0.347 e. The zero-order chi connectivity index (χ0) is 19.2. The summed E-state index contributed by atoms with van der Waals surface area (Å²) in [7, 11) is 0. The molecule has 0 spiro atoms. The number of hydrogen-bond donors (Lipinski definition) is 0. The van der Waals surface area contributed by atoms with Crippen LogP contribution in [0.5, 0.6) is 5.75 Å². The van der Waals surface area contributed by atoms with E-state index in [-0.39, 0.29) is 6.61 Å². The minimum Gasteiger partial charge on any atom is -0.479 e. The van der Waals surface area contributed by atoms with Crippen molar-refractivity contribution in [3.05, 3.63) is 70.2 Å². The third kappa shape index (κ3) is 5.07. The molecule has 0 fully saturated rings. The molecule has 0 aliphatic carbocycles. The lowest BCUT2D eigenvalue weighted by molar-refractivity contribution is -0.152. The van der Waals surface area contributed by atoms with E-state index in [0.29, 0.717) is 22.0 Å². The Morgan fingerprint density at radius 1 is 1.22 bits per heavy atom. The zero-order valence-electron chi connectivity index (χ0n) is 14.4. The van der Waals surface area contributed by atoms with Gasteiger partial charge in [-0.2, -0.15) is 5.26 Å². The molecular weight excluding hydrogens is 384 g/mol. The molecule has 0 bridgehead atoms. The van der Waals surface area contributed by atoms with E-state index in [9.17, 15) is 4.79 Å². The molecule has 0 aliphatic heterocycles. The van der Waals surface area contributed by atoms with E-state index in [1.807, 2.05) is 23.6 Å². The lowest BCUT2D eigenvalue weighted by Crippen LogP contribution is -2.26. The lowest BCUT2D eigenvalue weighted by Gasteiger charge is -2.13. The van der Waals surface area contributed by atoms with Gasteiger partial charge in [0.1, 0.15) is 17.4 Å². The molecule has 3 aromatic rings. The number of carbonyl (C=O) groups excluding carboxylic acids is 1. The van der Waals surface area contributed by atoms with Crippen molar-refractivity contribution in [2.24, 2.45) is 0 Å². The first-order chi connectivity index (χ1) is 13.0. The van der Waals surface area contributed by atoms with Crippen LogP contribution in [0.2, 0.25) is 5.02 Å². The summed E-state index contributed by atoms with van der Waals surface area (Å²) in [6.07, 6.45) is -0.771. The van der Waals surface area contributed by atoms with Crippen LogP contribution in [-0.4, -0.2) is 17.1 Å². The van der Waals surface area contributed by atoms with Gasteiger partial charge in [-0.25, -0.2) is 9.78 Å². The molecule has 1 aromatic heterocycles. The maximum absolute atomic E-state index is 12.1. The lowest BCUT2D eigenvalue weighted by atomic mass is 10.2. The van der Waals surface area contributed by atoms with Crippen molar-refractivity contribution in [2.45, 2.75) is 19.6 Å². The fourth-order valence-electron chi connectivity index (χ4n) is 2.22. The van der Waals surface area contributed by atoms with Crippen LogP contribution in [0, 0.1) is 11.3 Å². The summed E-state index contributed by atoms with van der Waals surface area (Å²) in [5.41, 5.74) is 2.15. The zero-order valence-corrected chi connectivity index (χ0v) is 16.0. The number of nitrogens with zero attached hydrogens (tertiary/aromatic N) is 2. The Hall–Kier alpha value is -2.88. The van der Waals surface area contributed by atoms with Crippen molar-refractivity contribution in [2.75, 3.05) is 0 Å². The summed E-state index contributed by atoms with van der Waals surface area (Å²) in [5.74, 6) is 0.0116. The fraction of sp³-hybridized carbons (Fsp3) is 0.150. The average molecular weight is 399 g/mol. The number of esters is 1. The van der Waals surface area contributed by atoms with Gasteiger partial charge in [0.05, 0.1) is 17.3 Å². The summed E-state index contributed by atoms with van der Waals surface area (Å²) in [5, 5.41) is 12.1. The average Bonchev–Trinajstić information content (AvgIpc) is 3.16. The topological polar surface area (TPSA) is 72.2 Å². The van der Waals surface area contributed by atoms with Gasteiger partial charge < -0.3 is 9.47 Å². The van der Waals surface area contributed by atoms with Crippen molar-refractivity contribution in [3.8, 4) is 22.4 Å². The number of thiazole rings is 1. The minimum absolute atomic E-state index is 0.0734. The highest BCUT2D eigenvalue weighted by Crippen LogP contribution is 2.25. The number of hydrogen-bond acceptors (Lipinski definition) is 6. The van der Waals surface area contributed by atoms with Gasteiger partial charge in [0.2, 0.25) is 0 Å². The second-order valence-corrected chi connectivity index (χ2v) is 6.95. The van der Waals surface area contributed by atoms with Crippen LogP contribution in [0.1, 0.15) is 18.2 Å². The van der Waals surface area contributed by atoms with Crippen molar-refractivity contribution in [1.29, 1.82) is 5.26 Å². The second-order valence-electron chi connectivity index (χ2n) is 5.65. The number of nitriles is 1. The van der Waals surface area contributed by atoms with E-state index in [2.05, 4.69) is 4.98 Å². The normalized spacial score (nSPS) is 11.4. The summed E-state index contributed by atoms with van der Waals surface area (Å²) < 4.78 is 10.8. The largest absolute Gasteiger partial charge is 0.479 e. The highest BCUT2D eigenvalue weighted by molar-refractivity contribution is 7.13. The van der Waals surface area contributed by atoms with Crippen LogP contribution in [0.15, 0.2) is 53.9 Å². The molecule has 2 aromatic carbocycles. The Morgan fingerprint density at radius 2 is 1.93 bits per heavy atom. The quantitative estimate of drug-likeness (QED) is 0.555. The molecule has 1 heterocycles. The molecule has 0 amide bonds. The van der Waals surface area contributed by atoms with E-state index in [0.717, 1.165) is 10.6 Å². The minimum atomic E-state index is -0.771. The molecule has 3 rings (SSSR count). The standard InChI is InChI=1S/C20H15ClN2O3S/c1-13(26-18-8-2-14(10-22)3-9-18)20(24)25-11-17-12-27-19(23-17)15-4-6-16(21)7-5-15/h2-9,12-13H,11H2,1H3/t13-/m1/s1. The fourth-order valence-corrected chi connectivity index (χ4v) is 3.16. The molecule has 7 heteroatoms. The van der Waals surface area contributed by atoms with Gasteiger partial charge >= 0.3 is 5.97 Å². The number of ether oxygens (including phenoxy) is 2. The van der Waals surface area contributed by atoms with E-state index >= 15 is 0 Å². The molecule has 1 atom stereocenters. The van der Waals surface area contributed by atoms with Gasteiger partial charge in [-0.3, -0.25) is 0 Å². The number of halogens is 1. The highest BCUT2D eigenvalue weighted by atomic mass is 35.5. The molecule has 0 unspecified atom stereocenters. The third-order valence-corrected chi connectivity index (χ3v) is 4.83. The van der Waals surface area contributed by atoms with Gasteiger partial charge in [0, 0.05) is 16.0 Å². The number of aromatic nitrogens is 1. The van der Waals surface area contributed by atoms with E-state index in [4.69, 9.17) is 26.3 Å². The Morgan fingerprint density at radius 3 is 2.59 bits per heavy atom. The summed E-state index contributed by atoms with van der Waals surface area (Å²) in [6.45, 7) is 1.69. The second kappa shape index (κ2) is 8.67. The Balaban J connectivity index is 1.54. The summed E-state index contributed by atoms with van der Waals surface area (Å²) >= 11 is 7.36. The van der Waals surface area contributed by atoms with E-state index < -0.39 is 12.1 Å². The Bertz CT molecular complexity index is 962. The predicted molar refractivity (Wildman–Crippen MR) is 104 cm³/mol. The molecule has 136 valence electrons. The third-order valence-electron chi connectivity index (χ3n) is 3.63. The van der Waals surface area contributed by atoms with Crippen LogP contribution in [0.25, 0.3) is 10.6 Å². The number of benzene rings is 2. The van der Waals surface area contributed by atoms with Crippen molar-refractivity contribution in [1.82, 2.24) is 4.98 Å². The van der Waals surface area contributed by atoms with Crippen LogP contribution < -0.4 is 4.74 Å². The summed E-state index contributed by atoms with van der Waals surface area (Å²) in [6, 6.07) is 16.0. The molecule has 0 saturated carbocycles. The molecule has 5 nitrogen and oxygen atoms in total. The molecular formula is C20H15ClN2O3S. The van der Waals surface area contributed by atoms with Crippen molar-refractivity contribution in [3.63, 3.8) is 0 Å². The molecule has 0 radical (unpaired) electrons. The predicted octanol–water partition coefficient (Wildman–Crippen LogP) is 4.85. The van der Waals surface area contributed by atoms with Gasteiger partial charge in [-0.15, -0.1) is 11.3 Å². The smallest absolute Gasteiger partial charge is 0.347 e. The van der Waals surface area contributed by atoms with Crippen LogP contribution in [-0.2, 0) is 16.1 Å². The van der Waals surface area contributed by atoms with E-state index in [1.165, 1.54) is 11.3 Å². The van der Waals surface area contributed by atoms with Crippen molar-refractivity contribution >= 4 is 28.9 Å². The first-order valence-corrected chi connectivity index (χ1v) is 9.34. The number of carbonyl (C=O) groups is 1. The van der Waals surface area contributed by atoms with Gasteiger partial charge in [-0.05, 0) is 43.3 Å². The molecule has 27 heavy (non-hydrogen) atoms. The maximum atomic E-state index is 12.1. The molecule has 0 saturated heterocycles. The Labute approximate surface area is 165 Å². The molecule has 0 N–H and O–H groups in total. The van der Waals surface area contributed by atoms with Gasteiger partial charge in [-0.1, -0.05) is 23.7 Å². The highest BCUT2D eigenvalue weighted by Gasteiger charge is 2.17. The first-order valence-electron chi connectivity index (χ1n) is 8.09. The molecule has 0 aliphatic rings. The first kappa shape index (κ1) is 18.9. The van der Waals surface area contributed by atoms with Crippen molar-refractivity contribution < 1.29 is 14.3 Å². The number of rotatable bonds is 6. The van der Waals surface area contributed by atoms with Crippen LogP contribution in [0.3, 0.4) is 0 Å². The monoisotopic (exact) mass is 398 g/mol. The van der Waals surface area contributed by atoms with Crippen LogP contribution in [0.4, 0.5) is 0 Å². The SMILES string of the molecule is C[C@@H](Oc1ccc(C#N)cc1)C(=O)OCc1csc(-c2ccc(Cl)cc2)n1. The van der Waals surface area contributed by atoms with Gasteiger partial charge in [0.25, 0.3) is 0 Å². The van der Waals surface area contributed by atoms with Crippen LogP contribution >= 0.6 is 22.9 Å². The van der Waals surface area contributed by atoms with Gasteiger partial charge in [0.15, 0.2) is 6.10 Å². The Kier molecular flexibility index (Phi) is 6.07.